The molecule has 0 spiro atoms. The molecule has 1 aromatic carbocycles. The summed E-state index contributed by atoms with van der Waals surface area (Å²) in [5, 5.41) is 8.48. The Morgan fingerprint density at radius 3 is 2.45 bits per heavy atom. The highest BCUT2D eigenvalue weighted by Gasteiger charge is 2.20. The Balaban J connectivity index is 2.39. The van der Waals surface area contributed by atoms with E-state index in [9.17, 15) is 4.39 Å². The zero-order valence-corrected chi connectivity index (χ0v) is 12.7. The molecule has 2 rings (SSSR count). The minimum atomic E-state index is -0.219. The molecule has 0 radical (unpaired) electrons. The maximum absolute atomic E-state index is 13.9. The molecule has 20 heavy (non-hydrogen) atoms. The van der Waals surface area contributed by atoms with Gasteiger partial charge < -0.3 is 4.90 Å². The van der Waals surface area contributed by atoms with Crippen LogP contribution in [0.5, 0.6) is 0 Å². The number of benzene rings is 1. The van der Waals surface area contributed by atoms with Gasteiger partial charge in [-0.3, -0.25) is 0 Å². The van der Waals surface area contributed by atoms with E-state index in [2.05, 4.69) is 10.2 Å². The molecule has 0 saturated carbocycles. The number of rotatable bonds is 3. The van der Waals surface area contributed by atoms with Crippen LogP contribution < -0.4 is 4.90 Å². The van der Waals surface area contributed by atoms with Gasteiger partial charge in [0.15, 0.2) is 11.0 Å². The monoisotopic (exact) mass is 293 g/mol. The predicted molar refractivity (Wildman–Crippen MR) is 79.7 cm³/mol. The quantitative estimate of drug-likeness (QED) is 0.854. The average molecular weight is 294 g/mol. The van der Waals surface area contributed by atoms with Gasteiger partial charge in [-0.2, -0.15) is 0 Å². The molecule has 2 aromatic rings. The number of hydrogen-bond acceptors (Lipinski definition) is 3. The lowest BCUT2D eigenvalue weighted by atomic mass is 10.1. The molecule has 0 aliphatic heterocycles. The van der Waals surface area contributed by atoms with E-state index in [0.717, 1.165) is 11.1 Å². The number of nitrogens with zero attached hydrogens (tertiary/aromatic N) is 3. The molecule has 1 atom stereocenters. The van der Waals surface area contributed by atoms with Crippen LogP contribution in [0.25, 0.3) is 0 Å². The van der Waals surface area contributed by atoms with Crippen molar-refractivity contribution in [3.05, 3.63) is 51.9 Å². The second-order valence-corrected chi connectivity index (χ2v) is 5.23. The average Bonchev–Trinajstić information content (AvgIpc) is 2.44. The predicted octanol–water partition coefficient (Wildman–Crippen LogP) is 4.08. The Labute approximate surface area is 123 Å². The minimum absolute atomic E-state index is 0.148. The van der Waals surface area contributed by atoms with Crippen molar-refractivity contribution in [1.82, 2.24) is 10.2 Å². The summed E-state index contributed by atoms with van der Waals surface area (Å²) in [7, 11) is 1.88. The van der Waals surface area contributed by atoms with Gasteiger partial charge in [0.05, 0.1) is 6.04 Å². The van der Waals surface area contributed by atoms with Crippen LogP contribution in [0.15, 0.2) is 24.3 Å². The van der Waals surface area contributed by atoms with E-state index in [1.165, 1.54) is 6.07 Å². The first-order valence-electron chi connectivity index (χ1n) is 6.40. The minimum Gasteiger partial charge on any atom is -0.351 e. The molecule has 106 valence electrons. The van der Waals surface area contributed by atoms with Crippen LogP contribution in [-0.4, -0.2) is 17.2 Å². The second-order valence-electron chi connectivity index (χ2n) is 4.87. The van der Waals surface area contributed by atoms with E-state index in [4.69, 9.17) is 11.6 Å². The van der Waals surface area contributed by atoms with Crippen LogP contribution in [0.3, 0.4) is 0 Å². The van der Waals surface area contributed by atoms with Crippen LogP contribution in [0.1, 0.15) is 29.7 Å². The van der Waals surface area contributed by atoms with Crippen molar-refractivity contribution in [3.63, 3.8) is 0 Å². The van der Waals surface area contributed by atoms with Gasteiger partial charge >= 0.3 is 0 Å². The van der Waals surface area contributed by atoms with Gasteiger partial charge in [-0.25, -0.2) is 4.39 Å². The standard InChI is InChI=1S/C15H17ClFN3/c1-9-10(2)15(19-18-14(9)16)20(4)11(3)12-7-5-6-8-13(12)17/h5-8,11H,1-4H3. The molecule has 1 unspecified atom stereocenters. The van der Waals surface area contributed by atoms with Crippen LogP contribution in [0, 0.1) is 19.7 Å². The Morgan fingerprint density at radius 2 is 1.80 bits per heavy atom. The molecule has 0 bridgehead atoms. The van der Waals surface area contributed by atoms with Crippen LogP contribution in [0.2, 0.25) is 5.15 Å². The molecule has 0 amide bonds. The first-order valence-corrected chi connectivity index (χ1v) is 6.78. The van der Waals surface area contributed by atoms with E-state index in [-0.39, 0.29) is 11.9 Å². The molecule has 0 aliphatic carbocycles. The van der Waals surface area contributed by atoms with Crippen LogP contribution >= 0.6 is 11.6 Å². The molecule has 0 N–H and O–H groups in total. The Bertz CT molecular complexity index is 631. The maximum atomic E-state index is 13.9. The van der Waals surface area contributed by atoms with E-state index in [1.54, 1.807) is 12.1 Å². The fourth-order valence-corrected chi connectivity index (χ4v) is 2.28. The molecule has 0 saturated heterocycles. The number of hydrogen-bond donors (Lipinski definition) is 0. The first-order chi connectivity index (χ1) is 9.43. The van der Waals surface area contributed by atoms with E-state index in [1.807, 2.05) is 38.8 Å². The molecular weight excluding hydrogens is 277 g/mol. The zero-order chi connectivity index (χ0) is 14.9. The molecule has 3 nitrogen and oxygen atoms in total. The largest absolute Gasteiger partial charge is 0.351 e. The van der Waals surface area contributed by atoms with Crippen molar-refractivity contribution in [2.45, 2.75) is 26.8 Å². The molecule has 1 heterocycles. The number of aromatic nitrogens is 2. The third kappa shape index (κ3) is 2.61. The van der Waals surface area contributed by atoms with Crippen molar-refractivity contribution >= 4 is 17.4 Å². The van der Waals surface area contributed by atoms with Gasteiger partial charge in [0.25, 0.3) is 0 Å². The maximum Gasteiger partial charge on any atom is 0.155 e. The summed E-state index contributed by atoms with van der Waals surface area (Å²) in [6, 6.07) is 6.61. The Kier molecular flexibility index (Phi) is 4.23. The second kappa shape index (κ2) is 5.75. The topological polar surface area (TPSA) is 29.0 Å². The molecule has 0 fully saturated rings. The Hall–Kier alpha value is -1.68. The van der Waals surface area contributed by atoms with Gasteiger partial charge in [0.2, 0.25) is 0 Å². The van der Waals surface area contributed by atoms with Gasteiger partial charge in [0, 0.05) is 12.6 Å². The SMILES string of the molecule is Cc1c(Cl)nnc(N(C)C(C)c2ccccc2F)c1C. The van der Waals surface area contributed by atoms with Gasteiger partial charge in [-0.15, -0.1) is 10.2 Å². The van der Waals surface area contributed by atoms with E-state index < -0.39 is 0 Å². The summed E-state index contributed by atoms with van der Waals surface area (Å²) in [5.41, 5.74) is 2.48. The highest BCUT2D eigenvalue weighted by Crippen LogP contribution is 2.29. The van der Waals surface area contributed by atoms with Crippen molar-refractivity contribution in [1.29, 1.82) is 0 Å². The third-order valence-corrected chi connectivity index (χ3v) is 4.07. The Morgan fingerprint density at radius 1 is 1.15 bits per heavy atom. The summed E-state index contributed by atoms with van der Waals surface area (Å²) in [6.07, 6.45) is 0. The van der Waals surface area contributed by atoms with Gasteiger partial charge in [-0.05, 0) is 38.0 Å². The summed E-state index contributed by atoms with van der Waals surface area (Å²) in [5.74, 6) is 0.491. The highest BCUT2D eigenvalue weighted by molar-refractivity contribution is 6.30. The van der Waals surface area contributed by atoms with Crippen molar-refractivity contribution in [3.8, 4) is 0 Å². The fraction of sp³-hybridized carbons (Fsp3) is 0.333. The third-order valence-electron chi connectivity index (χ3n) is 3.71. The summed E-state index contributed by atoms with van der Waals surface area (Å²) >= 11 is 5.96. The van der Waals surface area contributed by atoms with Crippen molar-refractivity contribution in [2.24, 2.45) is 0 Å². The first kappa shape index (κ1) is 14.7. The lowest BCUT2D eigenvalue weighted by Gasteiger charge is -2.28. The normalized spacial score (nSPS) is 12.3. The fourth-order valence-electron chi connectivity index (χ4n) is 2.10. The zero-order valence-electron chi connectivity index (χ0n) is 12.0. The van der Waals surface area contributed by atoms with Crippen LogP contribution in [-0.2, 0) is 0 Å². The summed E-state index contributed by atoms with van der Waals surface area (Å²) in [4.78, 5) is 1.91. The highest BCUT2D eigenvalue weighted by atomic mass is 35.5. The van der Waals surface area contributed by atoms with Crippen LogP contribution in [0.4, 0.5) is 10.2 Å². The van der Waals surface area contributed by atoms with Crippen molar-refractivity contribution in [2.75, 3.05) is 11.9 Å². The van der Waals surface area contributed by atoms with Crippen molar-refractivity contribution < 1.29 is 4.39 Å². The lowest BCUT2D eigenvalue weighted by molar-refractivity contribution is 0.583. The molecule has 1 aromatic heterocycles. The molecule has 5 heteroatoms. The summed E-state index contributed by atoms with van der Waals surface area (Å²) < 4.78 is 13.9. The molecular formula is C15H17ClFN3. The van der Waals surface area contributed by atoms with E-state index >= 15 is 0 Å². The molecule has 0 aliphatic rings. The van der Waals surface area contributed by atoms with Gasteiger partial charge in [-0.1, -0.05) is 29.8 Å². The number of halogens is 2. The van der Waals surface area contributed by atoms with Gasteiger partial charge in [0.1, 0.15) is 5.82 Å². The summed E-state index contributed by atoms with van der Waals surface area (Å²) in [6.45, 7) is 5.77. The lowest BCUT2D eigenvalue weighted by Crippen LogP contribution is -2.25. The number of anilines is 1. The van der Waals surface area contributed by atoms with E-state index in [0.29, 0.717) is 16.5 Å². The smallest absolute Gasteiger partial charge is 0.155 e.